The molecule has 44 heavy (non-hydrogen) atoms. The number of hydrogen-bond acceptors (Lipinski definition) is 9. The molecule has 2 aromatic carbocycles. The number of carbonyl (C=O) groups is 1. The number of aryl methyl sites for hydroxylation is 1. The van der Waals surface area contributed by atoms with Crippen LogP contribution >= 0.6 is 0 Å². The molecule has 1 spiro atoms. The Balaban J connectivity index is 1.49. The van der Waals surface area contributed by atoms with Gasteiger partial charge < -0.3 is 9.26 Å². The van der Waals surface area contributed by atoms with Crippen molar-refractivity contribution in [1.29, 1.82) is 0 Å². The first-order valence-electron chi connectivity index (χ1n) is 14.8. The van der Waals surface area contributed by atoms with Gasteiger partial charge in [0.1, 0.15) is 11.6 Å². The van der Waals surface area contributed by atoms with E-state index in [0.29, 0.717) is 41.3 Å². The number of nitrogens with zero attached hydrogens (tertiary/aromatic N) is 3. The largest absolute Gasteiger partial charge is 0.377 e. The van der Waals surface area contributed by atoms with Crippen LogP contribution in [0.1, 0.15) is 62.0 Å². The van der Waals surface area contributed by atoms with E-state index in [1.165, 1.54) is 6.07 Å². The lowest BCUT2D eigenvalue weighted by Gasteiger charge is -2.23. The number of nitrogens with one attached hydrogen (secondary N) is 1. The molecular weight excluding hydrogens is 604 g/mol. The Bertz CT molecular complexity index is 1820. The van der Waals surface area contributed by atoms with Gasteiger partial charge in [0.25, 0.3) is 15.9 Å². The molecule has 11 nitrogen and oxygen atoms in total. The summed E-state index contributed by atoms with van der Waals surface area (Å²) in [6.45, 7) is 8.25. The van der Waals surface area contributed by atoms with Gasteiger partial charge in [0, 0.05) is 24.2 Å². The molecule has 13 heteroatoms. The van der Waals surface area contributed by atoms with Crippen molar-refractivity contribution >= 4 is 37.4 Å². The summed E-state index contributed by atoms with van der Waals surface area (Å²) in [4.78, 5) is 20.1. The average Bonchev–Trinajstić information content (AvgIpc) is 3.57. The minimum atomic E-state index is -4.04. The van der Waals surface area contributed by atoms with Crippen LogP contribution in [0, 0.1) is 13.8 Å². The number of sulfonamides is 1. The maximum atomic E-state index is 13.7. The van der Waals surface area contributed by atoms with Crippen LogP contribution in [-0.2, 0) is 42.5 Å². The van der Waals surface area contributed by atoms with Crippen molar-refractivity contribution in [2.24, 2.45) is 4.99 Å². The summed E-state index contributed by atoms with van der Waals surface area (Å²) in [7, 11) is -7.38. The Morgan fingerprint density at radius 3 is 2.55 bits per heavy atom. The third-order valence-corrected chi connectivity index (χ3v) is 11.3. The third kappa shape index (κ3) is 6.31. The lowest BCUT2D eigenvalue weighted by molar-refractivity contribution is -0.130. The van der Waals surface area contributed by atoms with Gasteiger partial charge in [-0.1, -0.05) is 54.9 Å². The number of carbonyl (C=O) groups excluding carboxylic acids is 1. The zero-order chi connectivity index (χ0) is 31.7. The lowest BCUT2D eigenvalue weighted by Crippen LogP contribution is -2.43. The van der Waals surface area contributed by atoms with Crippen LogP contribution in [-0.4, -0.2) is 62.3 Å². The molecule has 0 radical (unpaired) electrons. The quantitative estimate of drug-likeness (QED) is 0.297. The van der Waals surface area contributed by atoms with Gasteiger partial charge in [-0.05, 0) is 56.4 Å². The van der Waals surface area contributed by atoms with E-state index in [-0.39, 0.29) is 47.7 Å². The van der Waals surface area contributed by atoms with Crippen LogP contribution in [0.2, 0.25) is 0 Å². The number of aromatic nitrogens is 1. The SMILES string of the molecule is CCCCC1=N[C@@]2(CCS(=O)(=O)C2)C(=O)N1Cc1ccc(-c2ccccc2S(=O)(=O)Nc2noc(C)c2C)c(COCC)c1. The fourth-order valence-corrected chi connectivity index (χ4v) is 8.78. The normalized spacial score (nSPS) is 19.6. The fourth-order valence-electron chi connectivity index (χ4n) is 5.64. The molecule has 1 aromatic heterocycles. The zero-order valence-electron chi connectivity index (χ0n) is 25.4. The predicted octanol–water partition coefficient (Wildman–Crippen LogP) is 4.78. The number of ether oxygens (including phenoxy) is 1. The topological polar surface area (TPSA) is 148 Å². The number of unbranched alkanes of at least 4 members (excludes halogenated alkanes) is 1. The van der Waals surface area contributed by atoms with Gasteiger partial charge in [-0.3, -0.25) is 19.4 Å². The molecule has 1 atom stereocenters. The first-order valence-corrected chi connectivity index (χ1v) is 18.1. The fraction of sp³-hybridized carbons (Fsp3) is 0.452. The number of rotatable bonds is 12. The number of amidine groups is 1. The van der Waals surface area contributed by atoms with E-state index in [1.807, 2.05) is 25.1 Å². The Labute approximate surface area is 258 Å². The van der Waals surface area contributed by atoms with Gasteiger partial charge in [-0.2, -0.15) is 0 Å². The van der Waals surface area contributed by atoms with E-state index in [4.69, 9.17) is 14.3 Å². The van der Waals surface area contributed by atoms with E-state index >= 15 is 0 Å². The van der Waals surface area contributed by atoms with Crippen LogP contribution in [0.25, 0.3) is 11.1 Å². The molecule has 0 bridgehead atoms. The highest BCUT2D eigenvalue weighted by Gasteiger charge is 2.54. The molecule has 1 N–H and O–H groups in total. The molecule has 2 aliphatic rings. The Hall–Kier alpha value is -3.55. The summed E-state index contributed by atoms with van der Waals surface area (Å²) < 4.78 is 65.3. The molecule has 3 heterocycles. The second-order valence-electron chi connectivity index (χ2n) is 11.3. The maximum absolute atomic E-state index is 13.7. The van der Waals surface area contributed by atoms with Gasteiger partial charge in [-0.25, -0.2) is 16.8 Å². The third-order valence-electron chi connectivity index (χ3n) is 8.16. The van der Waals surface area contributed by atoms with Crippen molar-refractivity contribution in [2.75, 3.05) is 22.8 Å². The van der Waals surface area contributed by atoms with Crippen molar-refractivity contribution in [3.63, 3.8) is 0 Å². The second-order valence-corrected chi connectivity index (χ2v) is 15.2. The van der Waals surface area contributed by atoms with Crippen LogP contribution in [0.3, 0.4) is 0 Å². The van der Waals surface area contributed by atoms with Gasteiger partial charge in [0.05, 0.1) is 29.6 Å². The molecule has 0 unspecified atom stereocenters. The zero-order valence-corrected chi connectivity index (χ0v) is 27.1. The molecule has 0 saturated carbocycles. The van der Waals surface area contributed by atoms with Gasteiger partial charge in [0.2, 0.25) is 0 Å². The number of aliphatic imine (C=N–C) groups is 1. The Morgan fingerprint density at radius 2 is 1.89 bits per heavy atom. The highest BCUT2D eigenvalue weighted by molar-refractivity contribution is 7.93. The number of sulfone groups is 1. The minimum absolute atomic E-state index is 0.0443. The standard InChI is InChI=1S/C31H38N4O7S2/c1-5-7-12-28-32-31(15-16-43(37,38)20-31)30(36)35(28)18-23-13-14-25(24(17-23)19-41-6-2)26-10-8-9-11-27(26)44(39,40)34-29-21(3)22(4)42-33-29/h8-11,13-14,17H,5-7,12,15-16,18-20H2,1-4H3,(H,33,34)/t31-/m1/s1. The number of amides is 1. The molecule has 1 fully saturated rings. The molecule has 236 valence electrons. The number of anilines is 1. The molecule has 5 rings (SSSR count). The molecular formula is C31H38N4O7S2. The summed E-state index contributed by atoms with van der Waals surface area (Å²) in [6.07, 6.45) is 2.51. The molecule has 3 aromatic rings. The van der Waals surface area contributed by atoms with Crippen molar-refractivity contribution < 1.29 is 30.9 Å². The first-order chi connectivity index (χ1) is 20.9. The highest BCUT2D eigenvalue weighted by Crippen LogP contribution is 2.37. The number of benzene rings is 2. The summed E-state index contributed by atoms with van der Waals surface area (Å²) in [6, 6.07) is 12.3. The summed E-state index contributed by atoms with van der Waals surface area (Å²) in [5, 5.41) is 3.85. The summed E-state index contributed by atoms with van der Waals surface area (Å²) in [5.41, 5.74) is 2.06. The molecule has 1 saturated heterocycles. The van der Waals surface area contributed by atoms with Crippen LogP contribution in [0.5, 0.6) is 0 Å². The highest BCUT2D eigenvalue weighted by atomic mass is 32.2. The van der Waals surface area contributed by atoms with Crippen LogP contribution < -0.4 is 4.72 Å². The molecule has 2 aliphatic heterocycles. The van der Waals surface area contributed by atoms with Crippen molar-refractivity contribution in [3.8, 4) is 11.1 Å². The summed E-state index contributed by atoms with van der Waals surface area (Å²) >= 11 is 0. The summed E-state index contributed by atoms with van der Waals surface area (Å²) in [5.74, 6) is 0.686. The van der Waals surface area contributed by atoms with Crippen molar-refractivity contribution in [1.82, 2.24) is 10.1 Å². The predicted molar refractivity (Wildman–Crippen MR) is 168 cm³/mol. The Kier molecular flexibility index (Phi) is 9.01. The average molecular weight is 643 g/mol. The monoisotopic (exact) mass is 642 g/mol. The van der Waals surface area contributed by atoms with Gasteiger partial charge in [-0.15, -0.1) is 0 Å². The molecule has 1 amide bonds. The van der Waals surface area contributed by atoms with Crippen molar-refractivity contribution in [2.45, 2.75) is 77.0 Å². The van der Waals surface area contributed by atoms with E-state index < -0.39 is 25.4 Å². The number of hydrogen-bond donors (Lipinski definition) is 1. The molecule has 0 aliphatic carbocycles. The second kappa shape index (κ2) is 12.4. The maximum Gasteiger partial charge on any atom is 0.263 e. The van der Waals surface area contributed by atoms with E-state index in [0.717, 1.165) is 24.0 Å². The van der Waals surface area contributed by atoms with Crippen molar-refractivity contribution in [3.05, 3.63) is 64.9 Å². The van der Waals surface area contributed by atoms with Crippen LogP contribution in [0.4, 0.5) is 5.82 Å². The van der Waals surface area contributed by atoms with E-state index in [1.54, 1.807) is 36.9 Å². The van der Waals surface area contributed by atoms with E-state index in [2.05, 4.69) is 16.8 Å². The minimum Gasteiger partial charge on any atom is -0.377 e. The Morgan fingerprint density at radius 1 is 1.11 bits per heavy atom. The van der Waals surface area contributed by atoms with Crippen LogP contribution in [0.15, 0.2) is 56.9 Å². The van der Waals surface area contributed by atoms with E-state index in [9.17, 15) is 21.6 Å². The first kappa shape index (κ1) is 31.9. The van der Waals surface area contributed by atoms with Gasteiger partial charge >= 0.3 is 0 Å². The lowest BCUT2D eigenvalue weighted by atomic mass is 9.96. The smallest absolute Gasteiger partial charge is 0.263 e. The van der Waals surface area contributed by atoms with Gasteiger partial charge in [0.15, 0.2) is 21.2 Å².